The maximum absolute atomic E-state index is 2.36. The Balaban J connectivity index is -0.0000296. The molecule has 0 saturated carbocycles. The van der Waals surface area contributed by atoms with Gasteiger partial charge in [0.2, 0.25) is 0 Å². The molecule has 0 aromatic rings. The van der Waals surface area contributed by atoms with Gasteiger partial charge in [0.25, 0.3) is 0 Å². The number of hydrogen-bond acceptors (Lipinski definition) is 0. The van der Waals surface area contributed by atoms with E-state index in [0.717, 1.165) is 0 Å². The zero-order valence-electron chi connectivity index (χ0n) is 57.1. The Bertz CT molecular complexity index is 864. The lowest BCUT2D eigenvalue weighted by atomic mass is 10.0. The highest BCUT2D eigenvalue weighted by Gasteiger charge is 2.29. The van der Waals surface area contributed by atoms with Crippen LogP contribution in [0, 0.1) is 0 Å². The Hall–Kier alpha value is 1.38. The Kier molecular flexibility index (Phi) is 77.9. The Morgan fingerprint density at radius 2 is 0.188 bits per heavy atom. The molecule has 0 N–H and O–H groups in total. The third-order valence-electron chi connectivity index (χ3n) is 19.4. The minimum Gasteiger partial charge on any atom is -1.00 e. The maximum atomic E-state index is 2.36. The van der Waals surface area contributed by atoms with Crippen molar-refractivity contribution in [3.8, 4) is 0 Å². The van der Waals surface area contributed by atoms with Crippen LogP contribution in [0.4, 0.5) is 0 Å². The lowest BCUT2D eigenvalue weighted by Gasteiger charge is -2.41. The first-order valence-corrected chi connectivity index (χ1v) is 38.3. The van der Waals surface area contributed by atoms with E-state index in [-0.39, 0.29) is 48.0 Å². The zero-order valence-corrected chi connectivity index (χ0v) is 61.5. The summed E-state index contributed by atoms with van der Waals surface area (Å²) in [6, 6.07) is 0. The molecule has 0 rings (SSSR count). The molecule has 0 bridgehead atoms. The second-order valence-corrected chi connectivity index (χ2v) is 27.3. The van der Waals surface area contributed by atoms with Crippen molar-refractivity contribution in [3.05, 3.63) is 0 Å². The van der Waals surface area contributed by atoms with Crippen molar-refractivity contribution in [2.75, 3.05) is 52.4 Å². The summed E-state index contributed by atoms with van der Waals surface area (Å²) < 4.78 is 2.97. The van der Waals surface area contributed by atoms with Gasteiger partial charge in [-0.15, -0.1) is 0 Å². The molecule has 0 aromatic heterocycles. The molecular weight excluding hydrogens is 1190 g/mol. The lowest BCUT2D eigenvalue weighted by Crippen LogP contribution is -3.00. The molecular formula is C76H158I2N2. The highest BCUT2D eigenvalue weighted by Crippen LogP contribution is 2.25. The van der Waals surface area contributed by atoms with Gasteiger partial charge in [-0.25, -0.2) is 0 Å². The predicted molar refractivity (Wildman–Crippen MR) is 360 cm³/mol. The average Bonchev–Trinajstić information content (AvgIpc) is 3.45. The summed E-state index contributed by atoms with van der Waals surface area (Å²) in [5.41, 5.74) is 0. The fourth-order valence-corrected chi connectivity index (χ4v) is 13.8. The Morgan fingerprint density at radius 3 is 0.287 bits per heavy atom. The van der Waals surface area contributed by atoms with Crippen molar-refractivity contribution >= 4 is 0 Å². The molecule has 80 heavy (non-hydrogen) atoms. The van der Waals surface area contributed by atoms with Crippen LogP contribution in [0.25, 0.3) is 0 Å². The quantitative estimate of drug-likeness (QED) is 0.0323. The number of halogens is 2. The molecule has 0 aliphatic rings. The van der Waals surface area contributed by atoms with Crippen molar-refractivity contribution in [2.24, 2.45) is 0 Å². The van der Waals surface area contributed by atoms with Gasteiger partial charge in [0.05, 0.1) is 52.4 Å². The summed E-state index contributed by atoms with van der Waals surface area (Å²) in [5.74, 6) is 0. The smallest absolute Gasteiger partial charge is 0.0788 e. The number of hydrogen-bond donors (Lipinski definition) is 0. The molecule has 0 aliphatic heterocycles. The van der Waals surface area contributed by atoms with Crippen molar-refractivity contribution in [1.29, 1.82) is 0 Å². The second-order valence-electron chi connectivity index (χ2n) is 27.3. The van der Waals surface area contributed by atoms with Crippen LogP contribution in [-0.2, 0) is 0 Å². The van der Waals surface area contributed by atoms with Gasteiger partial charge in [0.15, 0.2) is 0 Å². The van der Waals surface area contributed by atoms with Gasteiger partial charge in [0.1, 0.15) is 0 Å². The molecule has 0 fully saturated rings. The molecule has 0 atom stereocenters. The molecule has 486 valence electrons. The van der Waals surface area contributed by atoms with Crippen LogP contribution < -0.4 is 48.0 Å². The van der Waals surface area contributed by atoms with Crippen LogP contribution in [0.1, 0.15) is 440 Å². The molecule has 0 saturated heterocycles. The summed E-state index contributed by atoms with van der Waals surface area (Å²) >= 11 is 0. The van der Waals surface area contributed by atoms with Crippen LogP contribution >= 0.6 is 0 Å². The average molecular weight is 1350 g/mol. The van der Waals surface area contributed by atoms with E-state index < -0.39 is 0 Å². The van der Waals surface area contributed by atoms with Gasteiger partial charge < -0.3 is 56.9 Å². The van der Waals surface area contributed by atoms with Gasteiger partial charge in [-0.05, 0) is 77.0 Å². The molecule has 4 heteroatoms. The van der Waals surface area contributed by atoms with E-state index in [0.29, 0.717) is 0 Å². The standard InChI is InChI=1S/C76H158N2.2HI/c1-7-13-19-25-31-37-43-49-55-61-69-77(70-62-56-50-44-38-32-26-20-14-8-2,71-63-57-51-45-39-33-27-21-15-9-3)75-67-68-76-78(72-64-58-52-46-40-34-28-22-16-10-4,73-65-59-53-47-41-35-29-23-17-11-5)74-66-60-54-48-42-36-30-24-18-12-6;;/h7-76H2,1-6H3;2*1H/q+2;;/p-2. The van der Waals surface area contributed by atoms with E-state index in [1.165, 1.54) is 459 Å². The van der Waals surface area contributed by atoms with Crippen molar-refractivity contribution in [2.45, 2.75) is 440 Å². The SMILES string of the molecule is CCCCCCCCCCCC[N+](CCCCCCCCCCCC)(CCCCCCCCCCCC)CCCC[N+](CCCCCCCCCCCC)(CCCCCCCCCCCC)CCCCCCCCCCCC.[I-].[I-]. The third-order valence-corrected chi connectivity index (χ3v) is 19.4. The fraction of sp³-hybridized carbons (Fsp3) is 1.00. The van der Waals surface area contributed by atoms with Crippen LogP contribution in [0.5, 0.6) is 0 Å². The largest absolute Gasteiger partial charge is 1.00 e. The van der Waals surface area contributed by atoms with Crippen LogP contribution in [-0.4, -0.2) is 61.3 Å². The normalized spacial score (nSPS) is 11.9. The number of unbranched alkanes of at least 4 members (excludes halogenated alkanes) is 55. The molecule has 0 spiro atoms. The van der Waals surface area contributed by atoms with Gasteiger partial charge in [-0.2, -0.15) is 0 Å². The highest BCUT2D eigenvalue weighted by molar-refractivity contribution is 4.60. The number of nitrogens with zero attached hydrogens (tertiary/aromatic N) is 2. The molecule has 0 heterocycles. The first-order valence-electron chi connectivity index (χ1n) is 38.3. The first-order chi connectivity index (χ1) is 38.6. The zero-order chi connectivity index (χ0) is 56.5. The number of quaternary nitrogens is 2. The topological polar surface area (TPSA) is 0 Å². The van der Waals surface area contributed by atoms with Gasteiger partial charge in [-0.1, -0.05) is 350 Å². The Morgan fingerprint density at radius 1 is 0.113 bits per heavy atom. The van der Waals surface area contributed by atoms with Crippen molar-refractivity contribution < 1.29 is 56.9 Å². The van der Waals surface area contributed by atoms with Gasteiger partial charge in [-0.3, -0.25) is 0 Å². The predicted octanol–water partition coefficient (Wildman–Crippen LogP) is 20.9. The molecule has 0 aliphatic carbocycles. The van der Waals surface area contributed by atoms with E-state index in [9.17, 15) is 0 Å². The van der Waals surface area contributed by atoms with E-state index in [1.54, 1.807) is 0 Å². The highest BCUT2D eigenvalue weighted by atomic mass is 127. The van der Waals surface area contributed by atoms with Gasteiger partial charge >= 0.3 is 0 Å². The minimum absolute atomic E-state index is 0. The molecule has 0 unspecified atom stereocenters. The summed E-state index contributed by atoms with van der Waals surface area (Å²) in [7, 11) is 0. The van der Waals surface area contributed by atoms with Crippen LogP contribution in [0.15, 0.2) is 0 Å². The first kappa shape index (κ1) is 85.6. The summed E-state index contributed by atoms with van der Waals surface area (Å²) in [4.78, 5) is 0. The van der Waals surface area contributed by atoms with E-state index in [2.05, 4.69) is 41.5 Å². The summed E-state index contributed by atoms with van der Waals surface area (Å²) in [6.45, 7) is 26.1. The molecule has 0 radical (unpaired) electrons. The molecule has 0 aromatic carbocycles. The Labute approximate surface area is 544 Å². The summed E-state index contributed by atoms with van der Waals surface area (Å²) in [5, 5.41) is 0. The monoisotopic (exact) mass is 1350 g/mol. The van der Waals surface area contributed by atoms with E-state index in [1.807, 2.05) is 0 Å². The van der Waals surface area contributed by atoms with Crippen LogP contribution in [0.3, 0.4) is 0 Å². The molecule has 2 nitrogen and oxygen atoms in total. The molecule has 0 amide bonds. The van der Waals surface area contributed by atoms with E-state index in [4.69, 9.17) is 0 Å². The fourth-order valence-electron chi connectivity index (χ4n) is 13.8. The minimum atomic E-state index is 0. The van der Waals surface area contributed by atoms with E-state index >= 15 is 0 Å². The van der Waals surface area contributed by atoms with Crippen molar-refractivity contribution in [1.82, 2.24) is 0 Å². The maximum Gasteiger partial charge on any atom is 0.0788 e. The summed E-state index contributed by atoms with van der Waals surface area (Å²) in [6.07, 6.45) is 91.0. The number of rotatable bonds is 71. The van der Waals surface area contributed by atoms with Crippen LogP contribution in [0.2, 0.25) is 0 Å². The lowest BCUT2D eigenvalue weighted by molar-refractivity contribution is -0.935. The third kappa shape index (κ3) is 62.4. The van der Waals surface area contributed by atoms with Crippen molar-refractivity contribution in [3.63, 3.8) is 0 Å². The second kappa shape index (κ2) is 72.9. The van der Waals surface area contributed by atoms with Gasteiger partial charge in [0, 0.05) is 12.8 Å².